The standard InChI is InChI=1S/C16H16ClFN4O/c1-9(2)14-7-15(23)22-16(20-14)19-10(3)21(22)8-11-6-12(17)4-5-13(11)18/h4-7,9H,8H2,1-3H3. The Morgan fingerprint density at radius 3 is 2.70 bits per heavy atom. The average Bonchev–Trinajstić information content (AvgIpc) is 2.79. The van der Waals surface area contributed by atoms with Gasteiger partial charge in [0.15, 0.2) is 0 Å². The normalized spacial score (nSPS) is 11.6. The van der Waals surface area contributed by atoms with Crippen molar-refractivity contribution in [3.05, 3.63) is 62.5 Å². The Labute approximate surface area is 137 Å². The molecular weight excluding hydrogens is 319 g/mol. The number of benzene rings is 1. The van der Waals surface area contributed by atoms with Gasteiger partial charge in [-0.15, -0.1) is 0 Å². The number of halogens is 2. The Morgan fingerprint density at radius 2 is 2.00 bits per heavy atom. The summed E-state index contributed by atoms with van der Waals surface area (Å²) in [6.07, 6.45) is 0. The number of fused-ring (bicyclic) bond motifs is 1. The summed E-state index contributed by atoms with van der Waals surface area (Å²) in [6, 6.07) is 5.83. The van der Waals surface area contributed by atoms with Gasteiger partial charge in [-0.25, -0.2) is 9.37 Å². The molecule has 5 nitrogen and oxygen atoms in total. The van der Waals surface area contributed by atoms with E-state index in [1.54, 1.807) is 17.7 Å². The van der Waals surface area contributed by atoms with Crippen molar-refractivity contribution in [3.8, 4) is 0 Å². The number of hydrogen-bond donors (Lipinski definition) is 0. The van der Waals surface area contributed by atoms with Crippen molar-refractivity contribution in [1.82, 2.24) is 19.2 Å². The fraction of sp³-hybridized carbons (Fsp3) is 0.312. The number of hydrogen-bond acceptors (Lipinski definition) is 3. The Balaban J connectivity index is 2.16. The molecule has 0 aliphatic rings. The highest BCUT2D eigenvalue weighted by atomic mass is 35.5. The second-order valence-electron chi connectivity index (χ2n) is 5.74. The van der Waals surface area contributed by atoms with Crippen LogP contribution in [-0.2, 0) is 6.54 Å². The minimum absolute atomic E-state index is 0.128. The fourth-order valence-corrected chi connectivity index (χ4v) is 2.63. The van der Waals surface area contributed by atoms with Crippen LogP contribution in [0.1, 0.15) is 36.8 Å². The molecule has 0 saturated carbocycles. The lowest BCUT2D eigenvalue weighted by Crippen LogP contribution is -2.23. The lowest BCUT2D eigenvalue weighted by molar-refractivity contribution is 0.556. The summed E-state index contributed by atoms with van der Waals surface area (Å²) >= 11 is 5.93. The topological polar surface area (TPSA) is 52.2 Å². The van der Waals surface area contributed by atoms with Crippen LogP contribution in [0.25, 0.3) is 5.78 Å². The van der Waals surface area contributed by atoms with Crippen molar-refractivity contribution in [3.63, 3.8) is 0 Å². The predicted octanol–water partition coefficient (Wildman–Crippen LogP) is 3.16. The minimum Gasteiger partial charge on any atom is -0.267 e. The molecule has 1 aromatic carbocycles. The SMILES string of the molecule is Cc1nc2nc(C(C)C)cc(=O)n2n1Cc1cc(Cl)ccc1F. The van der Waals surface area contributed by atoms with Gasteiger partial charge in [0.25, 0.3) is 11.3 Å². The second kappa shape index (κ2) is 5.77. The summed E-state index contributed by atoms with van der Waals surface area (Å²) in [5, 5.41) is 0.441. The van der Waals surface area contributed by atoms with E-state index in [1.165, 1.54) is 22.7 Å². The molecule has 0 fully saturated rings. The summed E-state index contributed by atoms with van der Waals surface area (Å²) in [4.78, 5) is 21.2. The second-order valence-corrected chi connectivity index (χ2v) is 6.17. The molecule has 0 unspecified atom stereocenters. The molecule has 0 radical (unpaired) electrons. The van der Waals surface area contributed by atoms with Gasteiger partial charge < -0.3 is 0 Å². The van der Waals surface area contributed by atoms with E-state index in [1.807, 2.05) is 13.8 Å². The minimum atomic E-state index is -0.379. The van der Waals surface area contributed by atoms with Crippen LogP contribution in [0, 0.1) is 12.7 Å². The molecule has 120 valence electrons. The molecule has 2 aromatic heterocycles. The van der Waals surface area contributed by atoms with Crippen molar-refractivity contribution in [2.24, 2.45) is 0 Å². The van der Waals surface area contributed by atoms with E-state index < -0.39 is 0 Å². The van der Waals surface area contributed by atoms with E-state index in [2.05, 4.69) is 9.97 Å². The van der Waals surface area contributed by atoms with E-state index in [0.717, 1.165) is 0 Å². The third-order valence-corrected chi connectivity index (χ3v) is 3.93. The van der Waals surface area contributed by atoms with Crippen LogP contribution in [0.2, 0.25) is 5.02 Å². The van der Waals surface area contributed by atoms with Gasteiger partial charge in [-0.05, 0) is 31.0 Å². The molecular formula is C16H16ClFN4O. The monoisotopic (exact) mass is 334 g/mol. The molecule has 0 atom stereocenters. The molecule has 0 aliphatic carbocycles. The van der Waals surface area contributed by atoms with Crippen LogP contribution in [0.3, 0.4) is 0 Å². The molecule has 0 amide bonds. The third kappa shape index (κ3) is 2.86. The largest absolute Gasteiger partial charge is 0.274 e. The van der Waals surface area contributed by atoms with Gasteiger partial charge >= 0.3 is 0 Å². The first kappa shape index (κ1) is 15.7. The van der Waals surface area contributed by atoms with Gasteiger partial charge in [0, 0.05) is 16.7 Å². The Kier molecular flexibility index (Phi) is 3.93. The van der Waals surface area contributed by atoms with Gasteiger partial charge in [0.2, 0.25) is 0 Å². The van der Waals surface area contributed by atoms with Gasteiger partial charge in [-0.3, -0.25) is 9.48 Å². The Bertz CT molecular complexity index is 945. The summed E-state index contributed by atoms with van der Waals surface area (Å²) in [6.45, 7) is 5.83. The molecule has 23 heavy (non-hydrogen) atoms. The zero-order valence-corrected chi connectivity index (χ0v) is 13.8. The lowest BCUT2D eigenvalue weighted by atomic mass is 10.1. The predicted molar refractivity (Wildman–Crippen MR) is 86.6 cm³/mol. The average molecular weight is 335 g/mol. The van der Waals surface area contributed by atoms with Crippen LogP contribution in [0.15, 0.2) is 29.1 Å². The van der Waals surface area contributed by atoms with Crippen molar-refractivity contribution >= 4 is 17.4 Å². The van der Waals surface area contributed by atoms with Crippen LogP contribution in [0.5, 0.6) is 0 Å². The maximum Gasteiger partial charge on any atom is 0.274 e. The number of aryl methyl sites for hydroxylation is 1. The van der Waals surface area contributed by atoms with Crippen molar-refractivity contribution in [2.75, 3.05) is 0 Å². The molecule has 0 N–H and O–H groups in total. The quantitative estimate of drug-likeness (QED) is 0.739. The highest BCUT2D eigenvalue weighted by Gasteiger charge is 2.15. The van der Waals surface area contributed by atoms with Crippen molar-refractivity contribution in [2.45, 2.75) is 33.2 Å². The Morgan fingerprint density at radius 1 is 1.26 bits per heavy atom. The van der Waals surface area contributed by atoms with E-state index in [0.29, 0.717) is 27.9 Å². The smallest absolute Gasteiger partial charge is 0.267 e. The van der Waals surface area contributed by atoms with E-state index in [-0.39, 0.29) is 23.8 Å². The first-order chi connectivity index (χ1) is 10.9. The Hall–Kier alpha value is -2.21. The van der Waals surface area contributed by atoms with Gasteiger partial charge in [0.05, 0.1) is 12.2 Å². The van der Waals surface area contributed by atoms with Gasteiger partial charge in [-0.1, -0.05) is 25.4 Å². The molecule has 7 heteroatoms. The number of nitrogens with zero attached hydrogens (tertiary/aromatic N) is 4. The molecule has 3 rings (SSSR count). The summed E-state index contributed by atoms with van der Waals surface area (Å²) in [5.41, 5.74) is 0.843. The van der Waals surface area contributed by atoms with Crippen molar-refractivity contribution < 1.29 is 4.39 Å². The van der Waals surface area contributed by atoms with Gasteiger partial charge in [0.1, 0.15) is 11.6 Å². The highest BCUT2D eigenvalue weighted by Crippen LogP contribution is 2.17. The summed E-state index contributed by atoms with van der Waals surface area (Å²) in [7, 11) is 0. The molecule has 0 bridgehead atoms. The first-order valence-corrected chi connectivity index (χ1v) is 7.65. The van der Waals surface area contributed by atoms with E-state index >= 15 is 0 Å². The third-order valence-electron chi connectivity index (χ3n) is 3.69. The maximum atomic E-state index is 14.0. The molecule has 0 aliphatic heterocycles. The zero-order valence-electron chi connectivity index (χ0n) is 13.0. The lowest BCUT2D eigenvalue weighted by Gasteiger charge is -2.09. The molecule has 3 aromatic rings. The van der Waals surface area contributed by atoms with E-state index in [9.17, 15) is 9.18 Å². The van der Waals surface area contributed by atoms with Crippen molar-refractivity contribution in [1.29, 1.82) is 0 Å². The summed E-state index contributed by atoms with van der Waals surface area (Å²) < 4.78 is 16.9. The number of rotatable bonds is 3. The van der Waals surface area contributed by atoms with Crippen LogP contribution in [0.4, 0.5) is 4.39 Å². The zero-order chi connectivity index (χ0) is 16.7. The first-order valence-electron chi connectivity index (χ1n) is 7.28. The van der Waals surface area contributed by atoms with E-state index in [4.69, 9.17) is 11.6 Å². The van der Waals surface area contributed by atoms with Crippen LogP contribution in [-0.4, -0.2) is 19.2 Å². The van der Waals surface area contributed by atoms with Gasteiger partial charge in [-0.2, -0.15) is 9.50 Å². The molecule has 0 saturated heterocycles. The number of aromatic nitrogens is 4. The van der Waals surface area contributed by atoms with Crippen LogP contribution >= 0.6 is 11.6 Å². The molecule has 2 heterocycles. The highest BCUT2D eigenvalue weighted by molar-refractivity contribution is 6.30. The summed E-state index contributed by atoms with van der Waals surface area (Å²) in [5.74, 6) is 0.648. The maximum absolute atomic E-state index is 14.0. The molecule has 0 spiro atoms. The fourth-order valence-electron chi connectivity index (χ4n) is 2.43. The van der Waals surface area contributed by atoms with Crippen LogP contribution < -0.4 is 5.56 Å².